The van der Waals surface area contributed by atoms with Crippen molar-refractivity contribution in [3.05, 3.63) is 35.2 Å². The van der Waals surface area contributed by atoms with E-state index in [1.54, 1.807) is 6.92 Å². The molecular formula is C17H22ClN3O3S. The summed E-state index contributed by atoms with van der Waals surface area (Å²) < 4.78 is 5.09. The number of halogens is 1. The van der Waals surface area contributed by atoms with Gasteiger partial charge in [-0.25, -0.2) is 9.78 Å². The van der Waals surface area contributed by atoms with Gasteiger partial charge in [-0.2, -0.15) is 0 Å². The molecule has 6 nitrogen and oxygen atoms in total. The molecule has 2 rings (SSSR count). The van der Waals surface area contributed by atoms with E-state index in [-0.39, 0.29) is 30.8 Å². The number of nitrogens with zero attached hydrogens (tertiary/aromatic N) is 1. The van der Waals surface area contributed by atoms with Crippen LogP contribution in [-0.2, 0) is 9.53 Å². The molecule has 0 aliphatic heterocycles. The highest BCUT2D eigenvalue weighted by molar-refractivity contribution is 7.18. The molecule has 1 aromatic heterocycles. The number of hydrogen-bond acceptors (Lipinski definition) is 6. The summed E-state index contributed by atoms with van der Waals surface area (Å²) in [7, 11) is 0. The van der Waals surface area contributed by atoms with Gasteiger partial charge in [0.25, 0.3) is 0 Å². The lowest BCUT2D eigenvalue weighted by Crippen LogP contribution is -2.39. The SMILES string of the molecule is CCOC(=O)c1sc(NC(=O)[C@@H](N)C(C)C)nc1-c1ccccc1.Cl. The molecule has 8 heteroatoms. The van der Waals surface area contributed by atoms with Crippen LogP contribution in [0.15, 0.2) is 30.3 Å². The van der Waals surface area contributed by atoms with Gasteiger partial charge in [-0.05, 0) is 12.8 Å². The fourth-order valence-electron chi connectivity index (χ4n) is 1.99. The lowest BCUT2D eigenvalue weighted by Gasteiger charge is -2.13. The molecule has 0 aliphatic carbocycles. The average Bonchev–Trinajstić information content (AvgIpc) is 2.99. The van der Waals surface area contributed by atoms with E-state index >= 15 is 0 Å². The van der Waals surface area contributed by atoms with E-state index in [2.05, 4.69) is 10.3 Å². The molecule has 0 saturated carbocycles. The summed E-state index contributed by atoms with van der Waals surface area (Å²) in [5.41, 5.74) is 7.12. The van der Waals surface area contributed by atoms with Gasteiger partial charge in [0, 0.05) is 5.56 Å². The Labute approximate surface area is 157 Å². The summed E-state index contributed by atoms with van der Waals surface area (Å²) in [6, 6.07) is 8.66. The number of ether oxygens (including phenoxy) is 1. The molecule has 2 aromatic rings. The minimum atomic E-state index is -0.639. The number of rotatable bonds is 6. The third-order valence-corrected chi connectivity index (χ3v) is 4.34. The molecule has 3 N–H and O–H groups in total. The molecule has 25 heavy (non-hydrogen) atoms. The maximum atomic E-state index is 12.2. The zero-order chi connectivity index (χ0) is 17.7. The second-order valence-electron chi connectivity index (χ2n) is 5.54. The predicted molar refractivity (Wildman–Crippen MR) is 102 cm³/mol. The number of amides is 1. The van der Waals surface area contributed by atoms with E-state index < -0.39 is 12.0 Å². The number of benzene rings is 1. The second kappa shape index (κ2) is 9.50. The van der Waals surface area contributed by atoms with Gasteiger partial charge in [-0.3, -0.25) is 4.79 Å². The highest BCUT2D eigenvalue weighted by Crippen LogP contribution is 2.31. The Morgan fingerprint density at radius 1 is 1.28 bits per heavy atom. The van der Waals surface area contributed by atoms with Crippen LogP contribution >= 0.6 is 23.7 Å². The maximum absolute atomic E-state index is 12.2. The van der Waals surface area contributed by atoms with Crippen LogP contribution in [0, 0.1) is 5.92 Å². The topological polar surface area (TPSA) is 94.3 Å². The molecule has 1 atom stereocenters. The van der Waals surface area contributed by atoms with Crippen LogP contribution in [0.1, 0.15) is 30.4 Å². The molecular weight excluding hydrogens is 362 g/mol. The standard InChI is InChI=1S/C17H21N3O3S.ClH/c1-4-23-16(22)14-13(11-8-6-5-7-9-11)19-17(24-14)20-15(21)12(18)10(2)3;/h5-10,12H,4,18H2,1-3H3,(H,19,20,21);1H/t12-;/m0./s1. The van der Waals surface area contributed by atoms with Crippen LogP contribution in [0.25, 0.3) is 11.3 Å². The quantitative estimate of drug-likeness (QED) is 0.746. The van der Waals surface area contributed by atoms with Crippen LogP contribution in [-0.4, -0.2) is 29.5 Å². The molecule has 0 fully saturated rings. The molecule has 0 unspecified atom stereocenters. The number of anilines is 1. The lowest BCUT2D eigenvalue weighted by molar-refractivity contribution is -0.118. The smallest absolute Gasteiger partial charge is 0.350 e. The minimum absolute atomic E-state index is 0. The molecule has 0 aliphatic rings. The number of nitrogens with two attached hydrogens (primary N) is 1. The Morgan fingerprint density at radius 3 is 2.48 bits per heavy atom. The van der Waals surface area contributed by atoms with Gasteiger partial charge in [0.1, 0.15) is 4.88 Å². The zero-order valence-electron chi connectivity index (χ0n) is 14.3. The Balaban J connectivity index is 0.00000312. The second-order valence-corrected chi connectivity index (χ2v) is 6.54. The van der Waals surface area contributed by atoms with Crippen molar-refractivity contribution in [1.82, 2.24) is 4.98 Å². The summed E-state index contributed by atoms with van der Waals surface area (Å²) in [6.07, 6.45) is 0. The lowest BCUT2D eigenvalue weighted by atomic mass is 10.1. The van der Waals surface area contributed by atoms with Crippen molar-refractivity contribution < 1.29 is 14.3 Å². The van der Waals surface area contributed by atoms with E-state index in [1.807, 2.05) is 44.2 Å². The number of carbonyl (C=O) groups excluding carboxylic acids is 2. The first-order chi connectivity index (χ1) is 11.4. The van der Waals surface area contributed by atoms with E-state index in [0.717, 1.165) is 16.9 Å². The molecule has 1 heterocycles. The predicted octanol–water partition coefficient (Wildman–Crippen LogP) is 3.33. The molecule has 0 spiro atoms. The van der Waals surface area contributed by atoms with Crippen molar-refractivity contribution in [2.75, 3.05) is 11.9 Å². The summed E-state index contributed by atoms with van der Waals surface area (Å²) in [6.45, 7) is 5.74. The summed E-state index contributed by atoms with van der Waals surface area (Å²) in [5.74, 6) is -0.778. The van der Waals surface area contributed by atoms with Crippen molar-refractivity contribution in [1.29, 1.82) is 0 Å². The van der Waals surface area contributed by atoms with Crippen molar-refractivity contribution in [3.63, 3.8) is 0 Å². The van der Waals surface area contributed by atoms with Crippen LogP contribution in [0.4, 0.5) is 5.13 Å². The zero-order valence-corrected chi connectivity index (χ0v) is 15.9. The molecule has 136 valence electrons. The van der Waals surface area contributed by atoms with Crippen molar-refractivity contribution in [2.45, 2.75) is 26.8 Å². The minimum Gasteiger partial charge on any atom is -0.462 e. The molecule has 0 radical (unpaired) electrons. The largest absolute Gasteiger partial charge is 0.462 e. The van der Waals surface area contributed by atoms with E-state index in [0.29, 0.717) is 15.7 Å². The summed E-state index contributed by atoms with van der Waals surface area (Å²) >= 11 is 1.09. The first-order valence-corrected chi connectivity index (χ1v) is 8.55. The fourth-order valence-corrected chi connectivity index (χ4v) is 2.88. The Kier molecular flexibility index (Phi) is 8.02. The van der Waals surface area contributed by atoms with E-state index in [9.17, 15) is 9.59 Å². The highest BCUT2D eigenvalue weighted by atomic mass is 35.5. The average molecular weight is 384 g/mol. The molecule has 1 aromatic carbocycles. The normalized spacial score (nSPS) is 11.6. The summed E-state index contributed by atoms with van der Waals surface area (Å²) in [4.78, 5) is 29.1. The number of thiazole rings is 1. The first kappa shape index (κ1) is 21.1. The Hall–Kier alpha value is -1.96. The van der Waals surface area contributed by atoms with Gasteiger partial charge in [0.2, 0.25) is 5.91 Å². The van der Waals surface area contributed by atoms with Crippen LogP contribution in [0.3, 0.4) is 0 Å². The number of carbonyl (C=O) groups is 2. The monoisotopic (exact) mass is 383 g/mol. The summed E-state index contributed by atoms with van der Waals surface area (Å²) in [5, 5.41) is 3.02. The molecule has 0 bridgehead atoms. The third-order valence-electron chi connectivity index (χ3n) is 3.39. The van der Waals surface area contributed by atoms with Gasteiger partial charge >= 0.3 is 5.97 Å². The van der Waals surface area contributed by atoms with Gasteiger partial charge < -0.3 is 15.8 Å². The molecule has 1 amide bonds. The number of aromatic nitrogens is 1. The Morgan fingerprint density at radius 2 is 1.92 bits per heavy atom. The third kappa shape index (κ3) is 5.26. The van der Waals surface area contributed by atoms with Crippen molar-refractivity contribution in [2.24, 2.45) is 11.7 Å². The van der Waals surface area contributed by atoms with Gasteiger partial charge in [-0.1, -0.05) is 55.5 Å². The van der Waals surface area contributed by atoms with E-state index in [1.165, 1.54) is 0 Å². The highest BCUT2D eigenvalue weighted by Gasteiger charge is 2.23. The van der Waals surface area contributed by atoms with Crippen LogP contribution in [0.5, 0.6) is 0 Å². The molecule has 0 saturated heterocycles. The van der Waals surface area contributed by atoms with Gasteiger partial charge in [0.05, 0.1) is 18.3 Å². The number of esters is 1. The van der Waals surface area contributed by atoms with E-state index in [4.69, 9.17) is 10.5 Å². The fraction of sp³-hybridized carbons (Fsp3) is 0.353. The first-order valence-electron chi connectivity index (χ1n) is 7.73. The van der Waals surface area contributed by atoms with Gasteiger partial charge in [0.15, 0.2) is 5.13 Å². The van der Waals surface area contributed by atoms with Crippen molar-refractivity contribution in [3.8, 4) is 11.3 Å². The maximum Gasteiger partial charge on any atom is 0.350 e. The van der Waals surface area contributed by atoms with Gasteiger partial charge in [-0.15, -0.1) is 12.4 Å². The number of hydrogen-bond donors (Lipinski definition) is 2. The van der Waals surface area contributed by atoms with Crippen LogP contribution in [0.2, 0.25) is 0 Å². The van der Waals surface area contributed by atoms with Crippen molar-refractivity contribution >= 4 is 40.8 Å². The number of nitrogens with one attached hydrogen (secondary N) is 1. The van der Waals surface area contributed by atoms with Crippen LogP contribution < -0.4 is 11.1 Å². The Bertz CT molecular complexity index is 719.